The van der Waals surface area contributed by atoms with Gasteiger partial charge < -0.3 is 10.8 Å². The fourth-order valence-corrected chi connectivity index (χ4v) is 4.98. The van der Waals surface area contributed by atoms with E-state index >= 15 is 0 Å². The SMILES string of the molecule is CC(N)(CO)C12CC3CC(CC(C3)C1)C2. The van der Waals surface area contributed by atoms with Crippen LogP contribution in [0.5, 0.6) is 0 Å². The third-order valence-corrected chi connectivity index (χ3v) is 5.58. The highest BCUT2D eigenvalue weighted by Gasteiger charge is 2.57. The maximum Gasteiger partial charge on any atom is 0.0613 e. The molecule has 0 aromatic carbocycles. The lowest BCUT2D eigenvalue weighted by Gasteiger charge is -2.61. The monoisotopic (exact) mass is 209 g/mol. The topological polar surface area (TPSA) is 46.2 Å². The molecule has 4 rings (SSSR count). The Morgan fingerprint density at radius 3 is 1.87 bits per heavy atom. The summed E-state index contributed by atoms with van der Waals surface area (Å²) in [5.74, 6) is 2.77. The number of hydrogen-bond donors (Lipinski definition) is 2. The Balaban J connectivity index is 1.93. The Bertz CT molecular complexity index is 236. The van der Waals surface area contributed by atoms with Crippen molar-refractivity contribution in [2.75, 3.05) is 6.61 Å². The van der Waals surface area contributed by atoms with Crippen LogP contribution in [0, 0.1) is 23.2 Å². The first-order valence-corrected chi connectivity index (χ1v) is 6.44. The molecular formula is C13H23NO. The molecule has 4 fully saturated rings. The maximum absolute atomic E-state index is 9.53. The third kappa shape index (κ3) is 1.31. The Kier molecular flexibility index (Phi) is 2.01. The Morgan fingerprint density at radius 2 is 1.53 bits per heavy atom. The van der Waals surface area contributed by atoms with Crippen LogP contribution in [0.3, 0.4) is 0 Å². The van der Waals surface area contributed by atoms with Crippen LogP contribution < -0.4 is 5.73 Å². The molecule has 0 amide bonds. The molecule has 0 aliphatic heterocycles. The highest BCUT2D eigenvalue weighted by Crippen LogP contribution is 2.63. The lowest BCUT2D eigenvalue weighted by atomic mass is 9.45. The fourth-order valence-electron chi connectivity index (χ4n) is 4.98. The first-order chi connectivity index (χ1) is 7.05. The summed E-state index contributed by atoms with van der Waals surface area (Å²) < 4.78 is 0. The van der Waals surface area contributed by atoms with Gasteiger partial charge in [0.25, 0.3) is 0 Å². The van der Waals surface area contributed by atoms with E-state index < -0.39 is 0 Å². The van der Waals surface area contributed by atoms with Crippen molar-refractivity contribution in [3.8, 4) is 0 Å². The zero-order valence-electron chi connectivity index (χ0n) is 9.71. The summed E-state index contributed by atoms with van der Waals surface area (Å²) in [4.78, 5) is 0. The van der Waals surface area contributed by atoms with Crippen molar-refractivity contribution >= 4 is 0 Å². The van der Waals surface area contributed by atoms with Crippen molar-refractivity contribution in [3.05, 3.63) is 0 Å². The minimum atomic E-state index is -0.344. The number of nitrogens with two attached hydrogens (primary N) is 1. The normalized spacial score (nSPS) is 51.8. The molecule has 2 nitrogen and oxygen atoms in total. The Hall–Kier alpha value is -0.0800. The third-order valence-electron chi connectivity index (χ3n) is 5.58. The van der Waals surface area contributed by atoms with Gasteiger partial charge in [-0.2, -0.15) is 0 Å². The molecule has 0 saturated heterocycles. The van der Waals surface area contributed by atoms with Crippen molar-refractivity contribution < 1.29 is 5.11 Å². The smallest absolute Gasteiger partial charge is 0.0613 e. The van der Waals surface area contributed by atoms with Gasteiger partial charge in [-0.05, 0) is 68.6 Å². The highest BCUT2D eigenvalue weighted by atomic mass is 16.3. The molecule has 1 atom stereocenters. The molecule has 86 valence electrons. The zero-order chi connectivity index (χ0) is 10.7. The molecule has 4 bridgehead atoms. The van der Waals surface area contributed by atoms with Crippen molar-refractivity contribution in [1.82, 2.24) is 0 Å². The summed E-state index contributed by atoms with van der Waals surface area (Å²) in [5.41, 5.74) is 6.30. The molecule has 2 heteroatoms. The molecule has 4 aliphatic carbocycles. The van der Waals surface area contributed by atoms with Crippen LogP contribution in [-0.2, 0) is 0 Å². The lowest BCUT2D eigenvalue weighted by molar-refractivity contribution is -0.104. The van der Waals surface area contributed by atoms with E-state index in [-0.39, 0.29) is 17.6 Å². The second-order valence-corrected chi connectivity index (χ2v) is 6.77. The van der Waals surface area contributed by atoms with Crippen LogP contribution in [0.15, 0.2) is 0 Å². The fraction of sp³-hybridized carbons (Fsp3) is 1.00. The van der Waals surface area contributed by atoms with E-state index in [1.165, 1.54) is 38.5 Å². The Morgan fingerprint density at radius 1 is 1.13 bits per heavy atom. The van der Waals surface area contributed by atoms with E-state index in [1.807, 2.05) is 0 Å². The van der Waals surface area contributed by atoms with E-state index in [4.69, 9.17) is 5.73 Å². The standard InChI is InChI=1S/C13H23NO/c1-12(14,8-15)13-5-9-2-10(6-13)4-11(3-9)7-13/h9-11,15H,2-8,14H2,1H3. The van der Waals surface area contributed by atoms with Crippen LogP contribution in [0.1, 0.15) is 45.4 Å². The predicted molar refractivity (Wildman–Crippen MR) is 60.3 cm³/mol. The van der Waals surface area contributed by atoms with Gasteiger partial charge in [0.2, 0.25) is 0 Å². The first kappa shape index (κ1) is 10.1. The summed E-state index contributed by atoms with van der Waals surface area (Å²) >= 11 is 0. The summed E-state index contributed by atoms with van der Waals surface area (Å²) in [6.07, 6.45) is 8.19. The minimum absolute atomic E-state index is 0.152. The van der Waals surface area contributed by atoms with Gasteiger partial charge in [-0.1, -0.05) is 0 Å². The average Bonchev–Trinajstić information content (AvgIpc) is 2.15. The van der Waals surface area contributed by atoms with E-state index in [1.54, 1.807) is 0 Å². The van der Waals surface area contributed by atoms with E-state index in [2.05, 4.69) is 6.92 Å². The van der Waals surface area contributed by atoms with Crippen LogP contribution in [0.2, 0.25) is 0 Å². The molecule has 0 radical (unpaired) electrons. The van der Waals surface area contributed by atoms with Gasteiger partial charge in [0, 0.05) is 5.54 Å². The number of aliphatic hydroxyl groups excluding tert-OH is 1. The van der Waals surface area contributed by atoms with Crippen LogP contribution in [0.25, 0.3) is 0 Å². The van der Waals surface area contributed by atoms with Gasteiger partial charge in [0.05, 0.1) is 6.61 Å². The van der Waals surface area contributed by atoms with E-state index in [0.717, 1.165) is 17.8 Å². The van der Waals surface area contributed by atoms with E-state index in [0.29, 0.717) is 0 Å². The molecule has 0 spiro atoms. The molecule has 0 aromatic heterocycles. The number of aliphatic hydroxyl groups is 1. The van der Waals surface area contributed by atoms with Crippen LogP contribution in [-0.4, -0.2) is 17.3 Å². The van der Waals surface area contributed by atoms with Gasteiger partial charge >= 0.3 is 0 Å². The van der Waals surface area contributed by atoms with Crippen LogP contribution in [0.4, 0.5) is 0 Å². The second-order valence-electron chi connectivity index (χ2n) is 6.77. The van der Waals surface area contributed by atoms with Crippen molar-refractivity contribution in [2.24, 2.45) is 28.9 Å². The molecule has 0 heterocycles. The highest BCUT2D eigenvalue weighted by molar-refractivity contribution is 5.10. The quantitative estimate of drug-likeness (QED) is 0.730. The van der Waals surface area contributed by atoms with Gasteiger partial charge in [-0.3, -0.25) is 0 Å². The van der Waals surface area contributed by atoms with Crippen LogP contribution >= 0.6 is 0 Å². The average molecular weight is 209 g/mol. The van der Waals surface area contributed by atoms with E-state index in [9.17, 15) is 5.11 Å². The summed E-state index contributed by atoms with van der Waals surface area (Å²) in [6.45, 7) is 2.22. The van der Waals surface area contributed by atoms with Gasteiger partial charge in [0.15, 0.2) is 0 Å². The predicted octanol–water partition coefficient (Wildman–Crippen LogP) is 1.91. The largest absolute Gasteiger partial charge is 0.394 e. The Labute approximate surface area is 92.2 Å². The molecular weight excluding hydrogens is 186 g/mol. The lowest BCUT2D eigenvalue weighted by Crippen LogP contribution is -2.62. The second kappa shape index (κ2) is 2.98. The first-order valence-electron chi connectivity index (χ1n) is 6.44. The van der Waals surface area contributed by atoms with Crippen molar-refractivity contribution in [2.45, 2.75) is 51.0 Å². The van der Waals surface area contributed by atoms with Gasteiger partial charge in [-0.25, -0.2) is 0 Å². The minimum Gasteiger partial charge on any atom is -0.394 e. The summed E-state index contributed by atoms with van der Waals surface area (Å²) in [6, 6.07) is 0. The van der Waals surface area contributed by atoms with Gasteiger partial charge in [-0.15, -0.1) is 0 Å². The van der Waals surface area contributed by atoms with Crippen molar-refractivity contribution in [1.29, 1.82) is 0 Å². The molecule has 4 aliphatic rings. The molecule has 0 aromatic rings. The maximum atomic E-state index is 9.53. The van der Waals surface area contributed by atoms with Gasteiger partial charge in [0.1, 0.15) is 0 Å². The zero-order valence-corrected chi connectivity index (χ0v) is 9.71. The molecule has 1 unspecified atom stereocenters. The molecule has 15 heavy (non-hydrogen) atoms. The number of hydrogen-bond acceptors (Lipinski definition) is 2. The summed E-state index contributed by atoms with van der Waals surface area (Å²) in [5, 5.41) is 9.53. The number of rotatable bonds is 2. The molecule has 3 N–H and O–H groups in total. The molecule has 4 saturated carbocycles. The van der Waals surface area contributed by atoms with Crippen molar-refractivity contribution in [3.63, 3.8) is 0 Å². The summed E-state index contributed by atoms with van der Waals surface area (Å²) in [7, 11) is 0.